The molecule has 2 rings (SSSR count). The summed E-state index contributed by atoms with van der Waals surface area (Å²) in [7, 11) is 0. The minimum absolute atomic E-state index is 0.689. The summed E-state index contributed by atoms with van der Waals surface area (Å²) in [6.45, 7) is 0. The van der Waals surface area contributed by atoms with Crippen LogP contribution in [0.2, 0.25) is 5.15 Å². The highest BCUT2D eigenvalue weighted by atomic mass is 127. The Labute approximate surface area is 82.1 Å². The topological polar surface area (TPSA) is 28.7 Å². The van der Waals surface area contributed by atoms with Gasteiger partial charge in [-0.05, 0) is 28.7 Å². The number of nitrogens with zero attached hydrogens (tertiary/aromatic N) is 1. The molecule has 1 N–H and O–H groups in total. The largest absolute Gasteiger partial charge is 0.343 e. The molecule has 0 aliphatic heterocycles. The van der Waals surface area contributed by atoms with E-state index in [0.29, 0.717) is 5.15 Å². The fraction of sp³-hybridized carbons (Fsp3) is 0. The molecule has 56 valence electrons. The summed E-state index contributed by atoms with van der Waals surface area (Å²) in [6, 6.07) is 1.94. The number of hydrogen-bond donors (Lipinski definition) is 1. The number of fused-ring (bicyclic) bond motifs is 1. The highest BCUT2D eigenvalue weighted by Crippen LogP contribution is 2.26. The Balaban J connectivity index is 2.92. The molecule has 0 aliphatic carbocycles. The van der Waals surface area contributed by atoms with Gasteiger partial charge < -0.3 is 4.98 Å². The van der Waals surface area contributed by atoms with E-state index < -0.39 is 0 Å². The van der Waals surface area contributed by atoms with Crippen molar-refractivity contribution in [2.24, 2.45) is 0 Å². The molecule has 4 heteroatoms. The normalized spacial score (nSPS) is 10.7. The molecule has 0 amide bonds. The zero-order valence-corrected chi connectivity index (χ0v) is 8.35. The molecule has 11 heavy (non-hydrogen) atoms. The molecule has 0 aliphatic rings. The van der Waals surface area contributed by atoms with Crippen molar-refractivity contribution in [3.63, 3.8) is 0 Å². The average molecular weight is 278 g/mol. The van der Waals surface area contributed by atoms with Gasteiger partial charge in [0.25, 0.3) is 0 Å². The predicted molar refractivity (Wildman–Crippen MR) is 53.8 cm³/mol. The van der Waals surface area contributed by atoms with Crippen molar-refractivity contribution in [1.82, 2.24) is 9.97 Å². The minimum atomic E-state index is 0.689. The lowest BCUT2D eigenvalue weighted by atomic mass is 10.3. The Bertz CT molecular complexity index is 396. The maximum absolute atomic E-state index is 5.86. The molecule has 0 atom stereocenters. The molecule has 0 saturated heterocycles. The quantitative estimate of drug-likeness (QED) is 0.738. The van der Waals surface area contributed by atoms with E-state index in [1.807, 2.05) is 6.07 Å². The van der Waals surface area contributed by atoms with Crippen LogP contribution in [0.25, 0.3) is 10.9 Å². The second kappa shape index (κ2) is 2.64. The monoisotopic (exact) mass is 278 g/mol. The van der Waals surface area contributed by atoms with Crippen LogP contribution in [0.5, 0.6) is 0 Å². The standard InChI is InChI=1S/C7H4ClIN2/c8-7-6(9)4-1-2-10-3-5(4)11-7/h1-3,11H. The molecular weight excluding hydrogens is 274 g/mol. The first-order valence-corrected chi connectivity index (χ1v) is 4.51. The van der Waals surface area contributed by atoms with E-state index in [2.05, 4.69) is 32.6 Å². The zero-order chi connectivity index (χ0) is 7.84. The van der Waals surface area contributed by atoms with E-state index in [0.717, 1.165) is 14.5 Å². The molecular formula is C7H4ClIN2. The van der Waals surface area contributed by atoms with Crippen molar-refractivity contribution < 1.29 is 0 Å². The van der Waals surface area contributed by atoms with Crippen molar-refractivity contribution in [3.8, 4) is 0 Å². The third-order valence-corrected chi connectivity index (χ3v) is 3.22. The zero-order valence-electron chi connectivity index (χ0n) is 5.44. The van der Waals surface area contributed by atoms with E-state index in [9.17, 15) is 0 Å². The summed E-state index contributed by atoms with van der Waals surface area (Å²) in [5.74, 6) is 0. The van der Waals surface area contributed by atoms with Gasteiger partial charge in [-0.3, -0.25) is 4.98 Å². The summed E-state index contributed by atoms with van der Waals surface area (Å²) in [5, 5.41) is 1.82. The number of halogens is 2. The third-order valence-electron chi connectivity index (χ3n) is 1.49. The Morgan fingerprint density at radius 1 is 1.55 bits per heavy atom. The van der Waals surface area contributed by atoms with E-state index in [1.165, 1.54) is 0 Å². The van der Waals surface area contributed by atoms with Gasteiger partial charge in [-0.2, -0.15) is 0 Å². The number of aromatic amines is 1. The smallest absolute Gasteiger partial charge is 0.120 e. The summed E-state index contributed by atoms with van der Waals surface area (Å²) < 4.78 is 1.06. The van der Waals surface area contributed by atoms with E-state index in [1.54, 1.807) is 12.4 Å². The molecule has 0 unspecified atom stereocenters. The Morgan fingerprint density at radius 2 is 2.36 bits per heavy atom. The molecule has 2 heterocycles. The first-order valence-electron chi connectivity index (χ1n) is 3.06. The van der Waals surface area contributed by atoms with Crippen LogP contribution >= 0.6 is 34.2 Å². The summed E-state index contributed by atoms with van der Waals surface area (Å²) in [6.07, 6.45) is 3.53. The van der Waals surface area contributed by atoms with Gasteiger partial charge in [0.05, 0.1) is 15.3 Å². The van der Waals surface area contributed by atoms with Crippen LogP contribution < -0.4 is 0 Å². The SMILES string of the molecule is Clc1[nH]c2cnccc2c1I. The van der Waals surface area contributed by atoms with Crippen LogP contribution in [0.4, 0.5) is 0 Å². The van der Waals surface area contributed by atoms with Crippen molar-refractivity contribution >= 4 is 45.1 Å². The third kappa shape index (κ3) is 1.12. The highest BCUT2D eigenvalue weighted by Gasteiger charge is 2.04. The molecule has 0 spiro atoms. The van der Waals surface area contributed by atoms with Crippen LogP contribution in [0.3, 0.4) is 0 Å². The molecule has 0 aromatic carbocycles. The highest BCUT2D eigenvalue weighted by molar-refractivity contribution is 14.1. The number of H-pyrrole nitrogens is 1. The summed E-state index contributed by atoms with van der Waals surface area (Å²) in [5.41, 5.74) is 0.988. The number of nitrogens with one attached hydrogen (secondary N) is 1. The molecule has 2 nitrogen and oxygen atoms in total. The molecule has 0 fully saturated rings. The van der Waals surface area contributed by atoms with Gasteiger partial charge in [0, 0.05) is 11.6 Å². The van der Waals surface area contributed by atoms with Crippen LogP contribution in [0.15, 0.2) is 18.5 Å². The van der Waals surface area contributed by atoms with Gasteiger partial charge in [0.2, 0.25) is 0 Å². The lowest BCUT2D eigenvalue weighted by Crippen LogP contribution is -1.69. The second-order valence-corrected chi connectivity index (χ2v) is 3.63. The Kier molecular flexibility index (Phi) is 1.77. The van der Waals surface area contributed by atoms with Gasteiger partial charge in [-0.15, -0.1) is 0 Å². The van der Waals surface area contributed by atoms with Crippen molar-refractivity contribution in [1.29, 1.82) is 0 Å². The molecule has 0 bridgehead atoms. The van der Waals surface area contributed by atoms with Crippen molar-refractivity contribution in [3.05, 3.63) is 27.2 Å². The van der Waals surface area contributed by atoms with Crippen molar-refractivity contribution in [2.75, 3.05) is 0 Å². The lowest BCUT2D eigenvalue weighted by molar-refractivity contribution is 1.34. The fourth-order valence-electron chi connectivity index (χ4n) is 0.977. The van der Waals surface area contributed by atoms with Crippen molar-refractivity contribution in [2.45, 2.75) is 0 Å². The van der Waals surface area contributed by atoms with Crippen LogP contribution in [0.1, 0.15) is 0 Å². The van der Waals surface area contributed by atoms with Crippen LogP contribution in [0, 0.1) is 3.57 Å². The second-order valence-electron chi connectivity index (χ2n) is 2.17. The maximum atomic E-state index is 5.86. The molecule has 2 aromatic rings. The van der Waals surface area contributed by atoms with Gasteiger partial charge in [-0.1, -0.05) is 11.6 Å². The van der Waals surface area contributed by atoms with Gasteiger partial charge in [0.15, 0.2) is 0 Å². The number of aromatic nitrogens is 2. The first kappa shape index (κ1) is 7.36. The summed E-state index contributed by atoms with van der Waals surface area (Å²) in [4.78, 5) is 7.00. The average Bonchev–Trinajstić information content (AvgIpc) is 2.30. The number of hydrogen-bond acceptors (Lipinski definition) is 1. The minimum Gasteiger partial charge on any atom is -0.343 e. The van der Waals surface area contributed by atoms with Gasteiger partial charge >= 0.3 is 0 Å². The molecule has 0 radical (unpaired) electrons. The van der Waals surface area contributed by atoms with Crippen LogP contribution in [-0.2, 0) is 0 Å². The Hall–Kier alpha value is -0.290. The van der Waals surface area contributed by atoms with Crippen LogP contribution in [-0.4, -0.2) is 9.97 Å². The Morgan fingerprint density at radius 3 is 3.09 bits per heavy atom. The van der Waals surface area contributed by atoms with E-state index >= 15 is 0 Å². The first-order chi connectivity index (χ1) is 5.29. The van der Waals surface area contributed by atoms with E-state index in [4.69, 9.17) is 11.6 Å². The van der Waals surface area contributed by atoms with E-state index in [-0.39, 0.29) is 0 Å². The number of pyridine rings is 1. The lowest BCUT2D eigenvalue weighted by Gasteiger charge is -1.85. The fourth-order valence-corrected chi connectivity index (χ4v) is 1.79. The molecule has 0 saturated carbocycles. The number of rotatable bonds is 0. The molecule has 2 aromatic heterocycles. The van der Waals surface area contributed by atoms with Gasteiger partial charge in [-0.25, -0.2) is 0 Å². The predicted octanol–water partition coefficient (Wildman–Crippen LogP) is 2.82. The summed E-state index contributed by atoms with van der Waals surface area (Å²) >= 11 is 8.07. The maximum Gasteiger partial charge on any atom is 0.120 e. The van der Waals surface area contributed by atoms with Gasteiger partial charge in [0.1, 0.15) is 5.15 Å².